The van der Waals surface area contributed by atoms with Crippen LogP contribution in [0.15, 0.2) is 29.3 Å². The molecule has 6 nitrogen and oxygen atoms in total. The number of hydrogen-bond donors (Lipinski definition) is 1. The maximum Gasteiger partial charge on any atom is 0.340 e. The van der Waals surface area contributed by atoms with Gasteiger partial charge in [0.25, 0.3) is 5.56 Å². The van der Waals surface area contributed by atoms with Gasteiger partial charge in [-0.15, -0.1) is 11.3 Å². The number of aromatic nitrogens is 3. The van der Waals surface area contributed by atoms with Crippen molar-refractivity contribution >= 4 is 27.5 Å². The van der Waals surface area contributed by atoms with E-state index in [9.17, 15) is 9.59 Å². The third-order valence-corrected chi connectivity index (χ3v) is 5.90. The second-order valence-electron chi connectivity index (χ2n) is 6.77. The van der Waals surface area contributed by atoms with Gasteiger partial charge in [0.2, 0.25) is 0 Å². The lowest BCUT2D eigenvalue weighted by Crippen LogP contribution is -2.18. The van der Waals surface area contributed by atoms with Crippen molar-refractivity contribution in [1.29, 1.82) is 0 Å². The van der Waals surface area contributed by atoms with Gasteiger partial charge < -0.3 is 9.72 Å². The van der Waals surface area contributed by atoms with E-state index in [0.29, 0.717) is 22.7 Å². The zero-order valence-corrected chi connectivity index (χ0v) is 15.4. The van der Waals surface area contributed by atoms with E-state index in [1.807, 2.05) is 0 Å². The summed E-state index contributed by atoms with van der Waals surface area (Å²) in [6, 6.07) is 3.31. The zero-order valence-electron chi connectivity index (χ0n) is 14.6. The highest BCUT2D eigenvalue weighted by Gasteiger charge is 2.24. The molecule has 0 spiro atoms. The molecule has 26 heavy (non-hydrogen) atoms. The Morgan fingerprint density at radius 1 is 1.46 bits per heavy atom. The molecule has 0 bridgehead atoms. The van der Waals surface area contributed by atoms with Crippen LogP contribution in [0, 0.1) is 5.92 Å². The topological polar surface area (TPSA) is 84.9 Å². The van der Waals surface area contributed by atoms with E-state index < -0.39 is 12.1 Å². The lowest BCUT2D eigenvalue weighted by Gasteiger charge is -2.17. The Balaban J connectivity index is 1.65. The van der Waals surface area contributed by atoms with Crippen molar-refractivity contribution in [2.45, 2.75) is 39.2 Å². The molecular formula is C19H19N3O3S. The number of carbonyl (C=O) groups excluding carboxylic acids is 1. The molecule has 4 rings (SSSR count). The highest BCUT2D eigenvalue weighted by molar-refractivity contribution is 7.18. The first-order valence-electron chi connectivity index (χ1n) is 8.68. The monoisotopic (exact) mass is 369 g/mol. The molecule has 1 aliphatic rings. The summed E-state index contributed by atoms with van der Waals surface area (Å²) in [6.07, 6.45) is 5.40. The summed E-state index contributed by atoms with van der Waals surface area (Å²) in [5, 5.41) is 0.700. The fraction of sp³-hybridized carbons (Fsp3) is 0.368. The predicted molar refractivity (Wildman–Crippen MR) is 99.5 cm³/mol. The molecule has 1 N–H and O–H groups in total. The third kappa shape index (κ3) is 3.03. The number of pyridine rings is 1. The summed E-state index contributed by atoms with van der Waals surface area (Å²) in [4.78, 5) is 38.1. The largest absolute Gasteiger partial charge is 0.451 e. The SMILES string of the molecule is C[C@H]1CCc2c(sc3nc([C@H](C)OC(=O)c4cccnc4)[nH]c(=O)c23)C1. The molecule has 0 amide bonds. The average Bonchev–Trinajstić information content (AvgIpc) is 3.00. The Hall–Kier alpha value is -2.54. The molecular weight excluding hydrogens is 350 g/mol. The molecule has 0 fully saturated rings. The summed E-state index contributed by atoms with van der Waals surface area (Å²) >= 11 is 1.58. The van der Waals surface area contributed by atoms with Crippen molar-refractivity contribution < 1.29 is 9.53 Å². The first-order valence-corrected chi connectivity index (χ1v) is 9.50. The van der Waals surface area contributed by atoms with Gasteiger partial charge in [-0.2, -0.15) is 0 Å². The number of ether oxygens (including phenoxy) is 1. The molecule has 0 aliphatic heterocycles. The lowest BCUT2D eigenvalue weighted by molar-refractivity contribution is 0.0319. The molecule has 0 aromatic carbocycles. The van der Waals surface area contributed by atoms with E-state index in [1.54, 1.807) is 36.6 Å². The Morgan fingerprint density at radius 3 is 3.08 bits per heavy atom. The van der Waals surface area contributed by atoms with E-state index in [-0.39, 0.29) is 5.56 Å². The van der Waals surface area contributed by atoms with Gasteiger partial charge in [0.05, 0.1) is 10.9 Å². The predicted octanol–water partition coefficient (Wildman–Crippen LogP) is 3.42. The van der Waals surface area contributed by atoms with E-state index >= 15 is 0 Å². The van der Waals surface area contributed by atoms with Gasteiger partial charge in [-0.3, -0.25) is 9.78 Å². The van der Waals surface area contributed by atoms with Gasteiger partial charge >= 0.3 is 5.97 Å². The molecule has 7 heteroatoms. The molecule has 0 saturated carbocycles. The Morgan fingerprint density at radius 2 is 2.31 bits per heavy atom. The van der Waals surface area contributed by atoms with Crippen LogP contribution in [0.2, 0.25) is 0 Å². The minimum atomic E-state index is -0.655. The number of nitrogens with zero attached hydrogens (tertiary/aromatic N) is 2. The zero-order chi connectivity index (χ0) is 18.3. The lowest BCUT2D eigenvalue weighted by atomic mass is 9.89. The van der Waals surface area contributed by atoms with Crippen LogP contribution in [0.4, 0.5) is 0 Å². The van der Waals surface area contributed by atoms with Crippen molar-refractivity contribution in [1.82, 2.24) is 15.0 Å². The van der Waals surface area contributed by atoms with E-state index in [1.165, 1.54) is 11.1 Å². The number of fused-ring (bicyclic) bond motifs is 3. The van der Waals surface area contributed by atoms with E-state index in [0.717, 1.165) is 29.7 Å². The molecule has 3 heterocycles. The normalized spacial score (nSPS) is 17.7. The van der Waals surface area contributed by atoms with E-state index in [2.05, 4.69) is 21.9 Å². The molecule has 134 valence electrons. The number of thiophene rings is 1. The maximum atomic E-state index is 12.6. The van der Waals surface area contributed by atoms with Crippen LogP contribution < -0.4 is 5.56 Å². The summed E-state index contributed by atoms with van der Waals surface area (Å²) < 4.78 is 5.44. The summed E-state index contributed by atoms with van der Waals surface area (Å²) in [5.74, 6) is 0.507. The molecule has 1 aliphatic carbocycles. The standard InChI is InChI=1S/C19H19N3O3S/c1-10-5-6-13-14(8-10)26-18-15(13)17(23)21-16(22-18)11(2)25-19(24)12-4-3-7-20-9-12/h3-4,7,9-11H,5-6,8H2,1-2H3,(H,21,22,23)/t10-,11-/m0/s1. The van der Waals surface area contributed by atoms with Gasteiger partial charge in [0.1, 0.15) is 4.83 Å². The van der Waals surface area contributed by atoms with Crippen LogP contribution in [0.25, 0.3) is 10.2 Å². The van der Waals surface area contributed by atoms with Crippen LogP contribution in [-0.4, -0.2) is 20.9 Å². The van der Waals surface area contributed by atoms with Gasteiger partial charge in [-0.1, -0.05) is 6.92 Å². The van der Waals surface area contributed by atoms with Crippen LogP contribution >= 0.6 is 11.3 Å². The third-order valence-electron chi connectivity index (χ3n) is 4.75. The number of H-pyrrole nitrogens is 1. The number of rotatable bonds is 3. The van der Waals surface area contributed by atoms with Crippen molar-refractivity contribution in [3.8, 4) is 0 Å². The first kappa shape index (κ1) is 16.9. The first-order chi connectivity index (χ1) is 12.5. The minimum absolute atomic E-state index is 0.152. The molecule has 0 saturated heterocycles. The second-order valence-corrected chi connectivity index (χ2v) is 7.86. The van der Waals surface area contributed by atoms with Crippen LogP contribution in [-0.2, 0) is 17.6 Å². The minimum Gasteiger partial charge on any atom is -0.451 e. The van der Waals surface area contributed by atoms with E-state index in [4.69, 9.17) is 4.74 Å². The Bertz CT molecular complexity index is 1030. The molecule has 0 radical (unpaired) electrons. The van der Waals surface area contributed by atoms with Crippen molar-refractivity contribution in [3.05, 3.63) is 56.7 Å². The van der Waals surface area contributed by atoms with Crippen molar-refractivity contribution in [2.24, 2.45) is 5.92 Å². The Kier molecular flexibility index (Phi) is 4.32. The molecule has 3 aromatic rings. The maximum absolute atomic E-state index is 12.6. The van der Waals surface area contributed by atoms with Gasteiger partial charge in [-0.05, 0) is 49.8 Å². The summed E-state index contributed by atoms with van der Waals surface area (Å²) in [7, 11) is 0. The van der Waals surface area contributed by atoms with Gasteiger partial charge in [0.15, 0.2) is 11.9 Å². The van der Waals surface area contributed by atoms with Crippen LogP contribution in [0.1, 0.15) is 53.0 Å². The number of esters is 1. The number of carbonyl (C=O) groups is 1. The van der Waals surface area contributed by atoms with Gasteiger partial charge in [0, 0.05) is 17.3 Å². The fourth-order valence-corrected chi connectivity index (χ4v) is 4.72. The molecule has 3 aromatic heterocycles. The number of nitrogens with one attached hydrogen (secondary N) is 1. The van der Waals surface area contributed by atoms with Crippen molar-refractivity contribution in [3.63, 3.8) is 0 Å². The number of aryl methyl sites for hydroxylation is 1. The van der Waals surface area contributed by atoms with Crippen LogP contribution in [0.3, 0.4) is 0 Å². The van der Waals surface area contributed by atoms with Crippen molar-refractivity contribution in [2.75, 3.05) is 0 Å². The number of aromatic amines is 1. The smallest absolute Gasteiger partial charge is 0.340 e. The second kappa shape index (κ2) is 6.64. The van der Waals surface area contributed by atoms with Crippen LogP contribution in [0.5, 0.6) is 0 Å². The quantitative estimate of drug-likeness (QED) is 0.715. The highest BCUT2D eigenvalue weighted by Crippen LogP contribution is 2.35. The average molecular weight is 369 g/mol. The molecule has 2 atom stereocenters. The van der Waals surface area contributed by atoms with Gasteiger partial charge in [-0.25, -0.2) is 9.78 Å². The summed E-state index contributed by atoms with van der Waals surface area (Å²) in [5.41, 5.74) is 1.35. The molecule has 0 unspecified atom stereocenters. The number of hydrogen-bond acceptors (Lipinski definition) is 6. The fourth-order valence-electron chi connectivity index (χ4n) is 3.33. The summed E-state index contributed by atoms with van der Waals surface area (Å²) in [6.45, 7) is 3.93. The highest BCUT2D eigenvalue weighted by atomic mass is 32.1. The Labute approximate surface area is 154 Å².